The van der Waals surface area contributed by atoms with E-state index < -0.39 is 0 Å². The van der Waals surface area contributed by atoms with Crippen LogP contribution in [0.15, 0.2) is 53.1 Å². The average molecular weight is 350 g/mol. The second-order valence-electron chi connectivity index (χ2n) is 4.70. The van der Waals surface area contributed by atoms with Gasteiger partial charge in [-0.25, -0.2) is 0 Å². The number of hydrogen-bond acceptors (Lipinski definition) is 1. The van der Waals surface area contributed by atoms with Gasteiger partial charge in [0, 0.05) is 39.7 Å². The molecule has 20 heavy (non-hydrogen) atoms. The number of nitrogens with one attached hydrogen (secondary N) is 2. The minimum atomic E-state index is 0.757. The fourth-order valence-corrected chi connectivity index (χ4v) is 2.88. The zero-order valence-electron chi connectivity index (χ0n) is 10.8. The molecule has 0 fully saturated rings. The van der Waals surface area contributed by atoms with Crippen molar-refractivity contribution < 1.29 is 0 Å². The fourth-order valence-electron chi connectivity index (χ4n) is 2.28. The van der Waals surface area contributed by atoms with E-state index in [0.717, 1.165) is 28.1 Å². The first kappa shape index (κ1) is 13.7. The quantitative estimate of drug-likeness (QED) is 0.690. The zero-order valence-corrected chi connectivity index (χ0v) is 13.1. The molecule has 102 valence electrons. The summed E-state index contributed by atoms with van der Waals surface area (Å²) in [5.74, 6) is 0. The van der Waals surface area contributed by atoms with Crippen LogP contribution in [0.1, 0.15) is 11.1 Å². The average Bonchev–Trinajstić information content (AvgIpc) is 2.83. The van der Waals surface area contributed by atoms with Crippen molar-refractivity contribution in [1.82, 2.24) is 10.3 Å². The molecule has 0 radical (unpaired) electrons. The number of benzene rings is 2. The van der Waals surface area contributed by atoms with Crippen molar-refractivity contribution in [1.29, 1.82) is 0 Å². The molecule has 0 atom stereocenters. The molecule has 0 aliphatic rings. The summed E-state index contributed by atoms with van der Waals surface area (Å²) in [5, 5.41) is 5.44. The van der Waals surface area contributed by atoms with E-state index in [1.54, 1.807) is 0 Å². The molecule has 3 aromatic rings. The van der Waals surface area contributed by atoms with Crippen LogP contribution in [-0.2, 0) is 13.1 Å². The van der Waals surface area contributed by atoms with Gasteiger partial charge in [0.1, 0.15) is 0 Å². The van der Waals surface area contributed by atoms with Crippen LogP contribution in [0, 0.1) is 0 Å². The second-order valence-corrected chi connectivity index (χ2v) is 5.99. The third kappa shape index (κ3) is 2.90. The molecule has 0 amide bonds. The largest absolute Gasteiger partial charge is 0.361 e. The SMILES string of the molecule is Clc1ccc2c(CNCc3ccccc3Br)c[nH]c2c1. The standard InChI is InChI=1S/C16H14BrClN2/c17-15-4-2-1-3-11(15)8-19-9-12-10-20-16-7-13(18)5-6-14(12)16/h1-7,10,19-20H,8-9H2. The van der Waals surface area contributed by atoms with Crippen LogP contribution in [0.3, 0.4) is 0 Å². The molecule has 0 saturated heterocycles. The van der Waals surface area contributed by atoms with Crippen molar-refractivity contribution in [2.75, 3.05) is 0 Å². The van der Waals surface area contributed by atoms with Gasteiger partial charge in [-0.3, -0.25) is 0 Å². The Kier molecular flexibility index (Phi) is 4.10. The van der Waals surface area contributed by atoms with Gasteiger partial charge in [-0.15, -0.1) is 0 Å². The van der Waals surface area contributed by atoms with Gasteiger partial charge in [-0.1, -0.05) is 51.8 Å². The summed E-state index contributed by atoms with van der Waals surface area (Å²) in [6.45, 7) is 1.66. The lowest BCUT2D eigenvalue weighted by molar-refractivity contribution is 0.694. The molecular weight excluding hydrogens is 336 g/mol. The predicted octanol–water partition coefficient (Wildman–Crippen LogP) is 4.87. The Balaban J connectivity index is 1.70. The Hall–Kier alpha value is -1.29. The highest BCUT2D eigenvalue weighted by Gasteiger charge is 2.04. The van der Waals surface area contributed by atoms with Crippen molar-refractivity contribution in [3.8, 4) is 0 Å². The minimum absolute atomic E-state index is 0.757. The highest BCUT2D eigenvalue weighted by atomic mass is 79.9. The van der Waals surface area contributed by atoms with E-state index in [0.29, 0.717) is 0 Å². The predicted molar refractivity (Wildman–Crippen MR) is 88.0 cm³/mol. The maximum atomic E-state index is 5.99. The molecule has 0 unspecified atom stereocenters. The third-order valence-corrected chi connectivity index (χ3v) is 4.33. The monoisotopic (exact) mass is 348 g/mol. The zero-order chi connectivity index (χ0) is 13.9. The second kappa shape index (κ2) is 6.00. The van der Waals surface area contributed by atoms with Gasteiger partial charge < -0.3 is 10.3 Å². The van der Waals surface area contributed by atoms with Crippen molar-refractivity contribution in [3.63, 3.8) is 0 Å². The van der Waals surface area contributed by atoms with Gasteiger partial charge in [-0.05, 0) is 29.3 Å². The summed E-state index contributed by atoms with van der Waals surface area (Å²) in [6.07, 6.45) is 2.04. The van der Waals surface area contributed by atoms with Gasteiger partial charge in [-0.2, -0.15) is 0 Å². The Morgan fingerprint density at radius 3 is 2.70 bits per heavy atom. The molecule has 2 aromatic carbocycles. The lowest BCUT2D eigenvalue weighted by Crippen LogP contribution is -2.12. The fraction of sp³-hybridized carbons (Fsp3) is 0.125. The molecular formula is C16H14BrClN2. The van der Waals surface area contributed by atoms with Crippen LogP contribution in [-0.4, -0.2) is 4.98 Å². The van der Waals surface area contributed by atoms with Gasteiger partial charge >= 0.3 is 0 Å². The number of aromatic amines is 1. The van der Waals surface area contributed by atoms with Crippen LogP contribution < -0.4 is 5.32 Å². The molecule has 1 aromatic heterocycles. The third-order valence-electron chi connectivity index (χ3n) is 3.32. The molecule has 4 heteroatoms. The van der Waals surface area contributed by atoms with Gasteiger partial charge in [0.2, 0.25) is 0 Å². The maximum absolute atomic E-state index is 5.99. The van der Waals surface area contributed by atoms with Gasteiger partial charge in [0.05, 0.1) is 0 Å². The first-order chi connectivity index (χ1) is 9.74. The minimum Gasteiger partial charge on any atom is -0.361 e. The smallest absolute Gasteiger partial charge is 0.0472 e. The number of aromatic nitrogens is 1. The molecule has 0 bridgehead atoms. The number of fused-ring (bicyclic) bond motifs is 1. The van der Waals surface area contributed by atoms with E-state index in [9.17, 15) is 0 Å². The topological polar surface area (TPSA) is 27.8 Å². The highest BCUT2D eigenvalue weighted by molar-refractivity contribution is 9.10. The lowest BCUT2D eigenvalue weighted by atomic mass is 10.1. The molecule has 1 heterocycles. The summed E-state index contributed by atoms with van der Waals surface area (Å²) in [7, 11) is 0. The van der Waals surface area contributed by atoms with E-state index in [1.807, 2.05) is 24.4 Å². The molecule has 2 nitrogen and oxygen atoms in total. The van der Waals surface area contributed by atoms with E-state index in [-0.39, 0.29) is 0 Å². The van der Waals surface area contributed by atoms with Crippen LogP contribution in [0.5, 0.6) is 0 Å². The number of halogens is 2. The lowest BCUT2D eigenvalue weighted by Gasteiger charge is -2.06. The number of H-pyrrole nitrogens is 1. The molecule has 0 aliphatic carbocycles. The summed E-state index contributed by atoms with van der Waals surface area (Å²) in [4.78, 5) is 3.26. The Morgan fingerprint density at radius 1 is 1.05 bits per heavy atom. The molecule has 0 spiro atoms. The van der Waals surface area contributed by atoms with Crippen molar-refractivity contribution in [2.24, 2.45) is 0 Å². The van der Waals surface area contributed by atoms with Crippen molar-refractivity contribution >= 4 is 38.4 Å². The molecule has 0 saturated carbocycles. The van der Waals surface area contributed by atoms with Crippen molar-refractivity contribution in [3.05, 3.63) is 69.3 Å². The normalized spacial score (nSPS) is 11.1. The van der Waals surface area contributed by atoms with Crippen LogP contribution >= 0.6 is 27.5 Å². The summed E-state index contributed by atoms with van der Waals surface area (Å²) in [6, 6.07) is 14.2. The Bertz CT molecular complexity index is 736. The Labute approximate surface area is 131 Å². The highest BCUT2D eigenvalue weighted by Crippen LogP contribution is 2.22. The Morgan fingerprint density at radius 2 is 1.85 bits per heavy atom. The number of rotatable bonds is 4. The summed E-state index contributed by atoms with van der Waals surface area (Å²) in [5.41, 5.74) is 3.59. The van der Waals surface area contributed by atoms with Crippen LogP contribution in [0.2, 0.25) is 5.02 Å². The summed E-state index contributed by atoms with van der Waals surface area (Å²) < 4.78 is 1.14. The van der Waals surface area contributed by atoms with Crippen molar-refractivity contribution in [2.45, 2.75) is 13.1 Å². The summed E-state index contributed by atoms with van der Waals surface area (Å²) >= 11 is 9.55. The van der Waals surface area contributed by atoms with Crippen LogP contribution in [0.25, 0.3) is 10.9 Å². The molecule has 0 aliphatic heterocycles. The van der Waals surface area contributed by atoms with Crippen LogP contribution in [0.4, 0.5) is 0 Å². The van der Waals surface area contributed by atoms with E-state index in [2.05, 4.69) is 50.5 Å². The van der Waals surface area contributed by atoms with E-state index >= 15 is 0 Å². The van der Waals surface area contributed by atoms with E-state index in [4.69, 9.17) is 11.6 Å². The maximum Gasteiger partial charge on any atom is 0.0472 e. The van der Waals surface area contributed by atoms with E-state index in [1.165, 1.54) is 16.5 Å². The van der Waals surface area contributed by atoms with Gasteiger partial charge in [0.25, 0.3) is 0 Å². The van der Waals surface area contributed by atoms with Gasteiger partial charge in [0.15, 0.2) is 0 Å². The molecule has 3 rings (SSSR count). The first-order valence-corrected chi connectivity index (χ1v) is 7.61. The first-order valence-electron chi connectivity index (χ1n) is 6.43. The molecule has 2 N–H and O–H groups in total. The number of hydrogen-bond donors (Lipinski definition) is 2.